The monoisotopic (exact) mass is 367 g/mol. The summed E-state index contributed by atoms with van der Waals surface area (Å²) in [5.41, 5.74) is 0.375. The summed E-state index contributed by atoms with van der Waals surface area (Å²) in [6, 6.07) is -1.17. The molecule has 0 spiro atoms. The maximum atomic E-state index is 12.5. The summed E-state index contributed by atoms with van der Waals surface area (Å²) in [5, 5.41) is 20.5. The molecule has 0 fully saturated rings. The highest BCUT2D eigenvalue weighted by Gasteiger charge is 2.28. The molecule has 1 heterocycles. The molecular formula is C16H22N4O6. The fourth-order valence-corrected chi connectivity index (χ4v) is 2.07. The van der Waals surface area contributed by atoms with Gasteiger partial charge in [0.25, 0.3) is 0 Å². The van der Waals surface area contributed by atoms with Gasteiger partial charge in [-0.2, -0.15) is 0 Å². The van der Waals surface area contributed by atoms with E-state index in [1.54, 1.807) is 13.8 Å². The Bertz CT molecular complexity index is 685. The predicted octanol–water partition coefficient (Wildman–Crippen LogP) is -0.406. The maximum absolute atomic E-state index is 12.5. The number of carbonyl (C=O) groups is 4. The smallest absolute Gasteiger partial charge is 0.326 e. The lowest BCUT2D eigenvalue weighted by molar-refractivity contribution is -0.143. The van der Waals surface area contributed by atoms with Gasteiger partial charge in [0.2, 0.25) is 11.8 Å². The highest BCUT2D eigenvalue weighted by atomic mass is 16.4. The fraction of sp³-hybridized carbons (Fsp3) is 0.500. The van der Waals surface area contributed by atoms with E-state index >= 15 is 0 Å². The Morgan fingerprint density at radius 3 is 2.46 bits per heavy atom. The number of carboxylic acids is 2. The number of nitrogens with one attached hydrogen (secondary N) is 2. The van der Waals surface area contributed by atoms with E-state index in [0.717, 1.165) is 0 Å². The third-order valence-electron chi connectivity index (χ3n) is 3.42. The second-order valence-electron chi connectivity index (χ2n) is 5.92. The molecule has 2 amide bonds. The average molecular weight is 367 g/mol. The first-order valence-electron chi connectivity index (χ1n) is 8.39. The highest BCUT2D eigenvalue weighted by molar-refractivity contribution is 5.91. The van der Waals surface area contributed by atoms with E-state index in [2.05, 4.69) is 15.3 Å². The third-order valence-corrected chi connectivity index (χ3v) is 3.42. The van der Waals surface area contributed by atoms with E-state index in [1.807, 2.05) is 0 Å². The first-order valence-corrected chi connectivity index (χ1v) is 7.94. The summed E-state index contributed by atoms with van der Waals surface area (Å²) >= 11 is 0. The number of carbonyl (C=O) groups excluding carboxylic acids is 2. The van der Waals surface area contributed by atoms with Crippen molar-refractivity contribution < 1.29 is 30.8 Å². The molecule has 0 unspecified atom stereocenters. The van der Waals surface area contributed by atoms with Crippen molar-refractivity contribution in [3.8, 4) is 0 Å². The number of rotatable bonds is 10. The minimum Gasteiger partial charge on any atom is -0.481 e. The normalized spacial score (nSPS) is 13.4. The molecule has 0 aliphatic heterocycles. The van der Waals surface area contributed by atoms with Crippen LogP contribution < -0.4 is 10.6 Å². The standard InChI is InChI=1S/C16H22N4O6/c1-9(2)14(20-12(21)7-10-5-6-17-8-18-10)15(24)19-11(16(25)26)3-4-13(22)23/h5-6,8-9,11,14H,3-4,7H2,1-2H3,(H,19,24)(H,20,21)(H,22,23)(H,25,26)/t11-,14-/m0/s1/i/hD. The molecule has 10 heteroatoms. The molecule has 0 aromatic carbocycles. The fourth-order valence-electron chi connectivity index (χ4n) is 2.07. The Kier molecular flexibility index (Phi) is 7.47. The number of hydrogen-bond acceptors (Lipinski definition) is 6. The lowest BCUT2D eigenvalue weighted by atomic mass is 10.0. The van der Waals surface area contributed by atoms with Gasteiger partial charge in [-0.05, 0) is 18.4 Å². The second-order valence-corrected chi connectivity index (χ2v) is 5.92. The van der Waals surface area contributed by atoms with E-state index in [1.165, 1.54) is 18.6 Å². The third kappa shape index (κ3) is 7.24. The summed E-state index contributed by atoms with van der Waals surface area (Å²) < 4.78 is 8.01. The molecule has 26 heavy (non-hydrogen) atoms. The number of carboxylic acid groups (broad SMARTS) is 2. The van der Waals surface area contributed by atoms with Crippen LogP contribution in [0.3, 0.4) is 0 Å². The van der Waals surface area contributed by atoms with Gasteiger partial charge in [-0.3, -0.25) is 14.4 Å². The number of aromatic nitrogens is 2. The number of nitrogens with zero attached hydrogens (tertiary/aromatic N) is 2. The van der Waals surface area contributed by atoms with Crippen molar-refractivity contribution in [1.29, 1.82) is 0 Å². The first kappa shape index (κ1) is 19.3. The molecule has 0 radical (unpaired) electrons. The number of amides is 2. The Balaban J connectivity index is 2.85. The molecule has 2 atom stereocenters. The van der Waals surface area contributed by atoms with Crippen molar-refractivity contribution >= 4 is 23.8 Å². The van der Waals surface area contributed by atoms with Crippen molar-refractivity contribution in [3.63, 3.8) is 0 Å². The van der Waals surface area contributed by atoms with Crippen LogP contribution >= 0.6 is 0 Å². The largest absolute Gasteiger partial charge is 0.481 e. The predicted molar refractivity (Wildman–Crippen MR) is 88.9 cm³/mol. The molecule has 10 nitrogen and oxygen atoms in total. The molecule has 0 aliphatic rings. The first-order chi connectivity index (χ1) is 12.6. The molecule has 4 N–H and O–H groups in total. The minimum absolute atomic E-state index is 0.218. The lowest BCUT2D eigenvalue weighted by Crippen LogP contribution is -2.54. The van der Waals surface area contributed by atoms with E-state index < -0.39 is 48.2 Å². The van der Waals surface area contributed by atoms with Crippen molar-refractivity contribution in [3.05, 3.63) is 24.3 Å². The molecule has 1 rings (SSSR count). The summed E-state index contributed by atoms with van der Waals surface area (Å²) in [5.74, 6) is -4.60. The lowest BCUT2D eigenvalue weighted by Gasteiger charge is -2.24. The number of aliphatic carboxylic acids is 2. The average Bonchev–Trinajstić information content (AvgIpc) is 2.58. The van der Waals surface area contributed by atoms with Crippen LogP contribution in [0.25, 0.3) is 0 Å². The van der Waals surface area contributed by atoms with Crippen LogP contribution in [0.5, 0.6) is 0 Å². The summed E-state index contributed by atoms with van der Waals surface area (Å²) in [4.78, 5) is 54.3. The molecule has 1 aromatic heterocycles. The van der Waals surface area contributed by atoms with Crippen molar-refractivity contribution in [1.82, 2.24) is 20.6 Å². The molecule has 1 aromatic rings. The summed E-state index contributed by atoms with van der Waals surface area (Å²) in [6.07, 6.45) is 1.72. The van der Waals surface area contributed by atoms with Crippen LogP contribution in [0, 0.1) is 5.92 Å². The van der Waals surface area contributed by atoms with E-state index in [0.29, 0.717) is 11.0 Å². The SMILES string of the molecule is [2H]N(C(=O)Cc1ccncn1)[C@H](C(=O)N[C@@H](CCC(=O)O)C(=O)O)C(C)C. The second kappa shape index (κ2) is 10.1. The van der Waals surface area contributed by atoms with Crippen LogP contribution in [0.15, 0.2) is 18.6 Å². The Morgan fingerprint density at radius 1 is 1.27 bits per heavy atom. The van der Waals surface area contributed by atoms with Gasteiger partial charge in [0.15, 0.2) is 1.41 Å². The zero-order valence-electron chi connectivity index (χ0n) is 15.5. The van der Waals surface area contributed by atoms with Gasteiger partial charge in [0.05, 0.1) is 12.1 Å². The summed E-state index contributed by atoms with van der Waals surface area (Å²) in [6.45, 7) is 3.22. The number of hydrogen-bond donors (Lipinski definition) is 4. The van der Waals surface area contributed by atoms with Gasteiger partial charge < -0.3 is 20.8 Å². The van der Waals surface area contributed by atoms with Gasteiger partial charge in [-0.25, -0.2) is 14.8 Å². The van der Waals surface area contributed by atoms with Crippen LogP contribution in [0.2, 0.25) is 1.41 Å². The Morgan fingerprint density at radius 2 is 1.96 bits per heavy atom. The van der Waals surface area contributed by atoms with E-state index in [9.17, 15) is 19.2 Å². The topological polar surface area (TPSA) is 159 Å². The van der Waals surface area contributed by atoms with E-state index in [4.69, 9.17) is 11.6 Å². The van der Waals surface area contributed by atoms with Crippen LogP contribution in [-0.2, 0) is 25.6 Å². The molecule has 0 bridgehead atoms. The quantitative estimate of drug-likeness (QED) is 0.434. The highest BCUT2D eigenvalue weighted by Crippen LogP contribution is 2.06. The maximum Gasteiger partial charge on any atom is 0.326 e. The van der Waals surface area contributed by atoms with Gasteiger partial charge in [0, 0.05) is 12.6 Å². The van der Waals surface area contributed by atoms with Crippen molar-refractivity contribution in [2.45, 2.75) is 45.2 Å². The zero-order valence-corrected chi connectivity index (χ0v) is 14.5. The molecular weight excluding hydrogens is 344 g/mol. The van der Waals surface area contributed by atoms with Crippen molar-refractivity contribution in [2.75, 3.05) is 0 Å². The van der Waals surface area contributed by atoms with Gasteiger partial charge in [-0.1, -0.05) is 13.8 Å². The van der Waals surface area contributed by atoms with Crippen molar-refractivity contribution in [2.24, 2.45) is 5.92 Å². The Labute approximate surface area is 151 Å². The molecule has 0 saturated heterocycles. The molecule has 142 valence electrons. The van der Waals surface area contributed by atoms with Crippen LogP contribution in [0.4, 0.5) is 0 Å². The summed E-state index contributed by atoms with van der Waals surface area (Å²) in [7, 11) is 0. The van der Waals surface area contributed by atoms with E-state index in [-0.39, 0.29) is 12.8 Å². The van der Waals surface area contributed by atoms with Gasteiger partial charge in [0.1, 0.15) is 18.4 Å². The van der Waals surface area contributed by atoms with Gasteiger partial charge >= 0.3 is 11.9 Å². The minimum atomic E-state index is -1.43. The zero-order chi connectivity index (χ0) is 20.6. The molecule has 0 saturated carbocycles. The van der Waals surface area contributed by atoms with Crippen LogP contribution in [0.1, 0.15) is 32.4 Å². The van der Waals surface area contributed by atoms with Crippen LogP contribution in [-0.4, -0.2) is 56.0 Å². The molecule has 0 aliphatic carbocycles. The Hall–Kier alpha value is -3.04. The van der Waals surface area contributed by atoms with Gasteiger partial charge in [-0.15, -0.1) is 0 Å².